The average Bonchev–Trinajstić information content (AvgIpc) is 1.28. The molecule has 0 aromatic carbocycles. The van der Waals surface area contributed by atoms with E-state index in [4.69, 9.17) is 14.2 Å². The first-order valence-corrected chi connectivity index (χ1v) is 34.6. The van der Waals surface area contributed by atoms with Crippen LogP contribution >= 0.6 is 0 Å². The molecule has 6 aliphatic rings. The fourth-order valence-electron chi connectivity index (χ4n) is 11.7. The first-order chi connectivity index (χ1) is 43.4. The predicted molar refractivity (Wildman–Crippen MR) is 357 cm³/mol. The molecule has 0 saturated carbocycles. The number of likely N-dealkylation sites (tertiary alicyclic amines) is 3. The van der Waals surface area contributed by atoms with Crippen molar-refractivity contribution in [1.29, 1.82) is 15.8 Å². The molecule has 9 amide bonds. The smallest absolute Gasteiger partial charge is 0.318 e. The Morgan fingerprint density at radius 3 is 1.00 bits per heavy atom. The number of nitriles is 3. The zero-order valence-electron chi connectivity index (χ0n) is 59.2. The van der Waals surface area contributed by atoms with Crippen LogP contribution in [0.2, 0.25) is 0 Å². The second-order valence-corrected chi connectivity index (χ2v) is 29.8. The molecule has 0 spiro atoms. The number of amides is 9. The van der Waals surface area contributed by atoms with Gasteiger partial charge in [0.05, 0.1) is 57.8 Å². The minimum atomic E-state index is -0.880. The first-order valence-electron chi connectivity index (χ1n) is 34.6. The molecule has 24 nitrogen and oxygen atoms in total. The number of nitrogens with zero attached hydrogens (tertiary/aromatic N) is 9. The summed E-state index contributed by atoms with van der Waals surface area (Å²) in [5, 5.41) is 47.5. The number of hydrogen-bond acceptors (Lipinski definition) is 15. The Balaban J connectivity index is 0.000000295. The van der Waals surface area contributed by atoms with Crippen molar-refractivity contribution < 1.29 is 43.0 Å². The number of nitrogens with one attached hydrogen (secondary N) is 6. The average molecular weight is 1290 g/mol. The van der Waals surface area contributed by atoms with Crippen LogP contribution < -0.4 is 31.9 Å². The van der Waals surface area contributed by atoms with Crippen LogP contribution in [0.1, 0.15) is 186 Å². The van der Waals surface area contributed by atoms with E-state index in [1.165, 1.54) is 0 Å². The Kier molecular flexibility index (Phi) is 31.7. The molecule has 3 atom stereocenters. The van der Waals surface area contributed by atoms with Gasteiger partial charge in [0.2, 0.25) is 17.7 Å². The summed E-state index contributed by atoms with van der Waals surface area (Å²) in [6.45, 7) is 40.8. The summed E-state index contributed by atoms with van der Waals surface area (Å²) in [6.07, 6.45) is 11.0. The lowest BCUT2D eigenvalue weighted by molar-refractivity contribution is -0.126. The molecule has 0 aromatic rings. The normalized spacial score (nSPS) is 20.8. The lowest BCUT2D eigenvalue weighted by atomic mass is 9.66. The van der Waals surface area contributed by atoms with Gasteiger partial charge >= 0.3 is 18.1 Å². The molecule has 0 aromatic heterocycles. The third-order valence-electron chi connectivity index (χ3n) is 20.7. The molecule has 6 heterocycles. The zero-order valence-corrected chi connectivity index (χ0v) is 59.2. The summed E-state index contributed by atoms with van der Waals surface area (Å²) in [4.78, 5) is 90.2. The largest absolute Gasteiger partial charge is 0.378 e. The Labute approximate surface area is 553 Å². The highest BCUT2D eigenvalue weighted by molar-refractivity contribution is 5.89. The zero-order chi connectivity index (χ0) is 68.4. The van der Waals surface area contributed by atoms with Gasteiger partial charge in [0.15, 0.2) is 0 Å². The fourth-order valence-corrected chi connectivity index (χ4v) is 11.7. The van der Waals surface area contributed by atoms with Gasteiger partial charge in [-0.25, -0.2) is 14.4 Å². The maximum atomic E-state index is 13.5. The highest BCUT2D eigenvalue weighted by atomic mass is 16.5. The number of carbonyl (C=O) groups excluding carboxylic acids is 6. The summed E-state index contributed by atoms with van der Waals surface area (Å²) < 4.78 is 16.0. The van der Waals surface area contributed by atoms with Gasteiger partial charge in [-0.2, -0.15) is 15.8 Å². The molecule has 522 valence electrons. The van der Waals surface area contributed by atoms with Gasteiger partial charge in [-0.15, -0.1) is 0 Å². The van der Waals surface area contributed by atoms with Crippen LogP contribution in [0.5, 0.6) is 0 Å². The second kappa shape index (κ2) is 36.9. The predicted octanol–water partition coefficient (Wildman–Crippen LogP) is 6.96. The van der Waals surface area contributed by atoms with Crippen LogP contribution in [0.3, 0.4) is 0 Å². The molecule has 3 unspecified atom stereocenters. The number of hydrogen-bond donors (Lipinski definition) is 6. The van der Waals surface area contributed by atoms with E-state index in [0.29, 0.717) is 137 Å². The van der Waals surface area contributed by atoms with E-state index < -0.39 is 34.7 Å². The molecule has 6 fully saturated rings. The van der Waals surface area contributed by atoms with Crippen molar-refractivity contribution in [3.63, 3.8) is 0 Å². The SMILES string of the molecule is CCC(C)(C)CCC(NC(=O)N1CCOCC1)C(=O)NC1(C#N)CCN(C)CC1.CCCN1CCC(C#N)(NC(=O)C(CC(C)(C)C(C)(C)C)NC(=O)N2CCOCC2)CC1.CCCN1CCC(C#N)(NC(=O)C(CCC(C)(C)CC)NC(=O)N2CCOCC2)CC1. The van der Waals surface area contributed by atoms with E-state index in [-0.39, 0.29) is 57.5 Å². The van der Waals surface area contributed by atoms with E-state index in [0.717, 1.165) is 90.9 Å². The number of urea groups is 3. The lowest BCUT2D eigenvalue weighted by Gasteiger charge is -2.42. The summed E-state index contributed by atoms with van der Waals surface area (Å²) in [5.74, 6) is -0.780. The van der Waals surface area contributed by atoms with Gasteiger partial charge in [0.1, 0.15) is 34.7 Å². The van der Waals surface area contributed by atoms with Gasteiger partial charge in [0.25, 0.3) is 0 Å². The van der Waals surface area contributed by atoms with Crippen LogP contribution in [0.15, 0.2) is 0 Å². The van der Waals surface area contributed by atoms with Gasteiger partial charge in [-0.1, -0.05) is 103 Å². The molecule has 0 aliphatic carbocycles. The monoisotopic (exact) mass is 1290 g/mol. The van der Waals surface area contributed by atoms with Crippen molar-refractivity contribution >= 4 is 35.8 Å². The molecule has 92 heavy (non-hydrogen) atoms. The van der Waals surface area contributed by atoms with Gasteiger partial charge < -0.3 is 75.5 Å². The van der Waals surface area contributed by atoms with Crippen molar-refractivity contribution in [2.45, 2.75) is 221 Å². The highest BCUT2D eigenvalue weighted by Crippen LogP contribution is 2.42. The number of ether oxygens (including phenoxy) is 3. The molecule has 6 saturated heterocycles. The minimum Gasteiger partial charge on any atom is -0.378 e. The molecule has 24 heteroatoms. The molecular formula is C68H121N15O9. The Morgan fingerprint density at radius 1 is 0.446 bits per heavy atom. The molecule has 6 N–H and O–H groups in total. The summed E-state index contributed by atoms with van der Waals surface area (Å²) >= 11 is 0. The molecular weight excluding hydrogens is 1170 g/mol. The van der Waals surface area contributed by atoms with Crippen molar-refractivity contribution in [3.05, 3.63) is 0 Å². The molecule has 6 rings (SSSR count). The van der Waals surface area contributed by atoms with Crippen molar-refractivity contribution in [2.24, 2.45) is 21.7 Å². The quantitative estimate of drug-likeness (QED) is 0.0603. The van der Waals surface area contributed by atoms with Crippen molar-refractivity contribution in [2.75, 3.05) is 138 Å². The minimum absolute atomic E-state index is 0.0619. The van der Waals surface area contributed by atoms with E-state index in [2.05, 4.69) is 155 Å². The standard InChI is InChI=1S/C24H43N5O3.C23H41N5O3.C21H37N5O3/c1-7-10-28-11-8-24(18-25,9-12-28)27-20(30)19(17-23(5,6)22(2,3)4)26-21(31)29-13-15-32-16-14-29;1-5-11-27-12-9-23(18-24,10-13-27)26-20(29)19(7-8-22(3,4)6-2)25-21(30)28-14-16-31-17-15-28;1-5-20(2,3)7-6-17(23-19(28)26-12-14-29-15-13-26)18(27)24-21(16-22)8-10-25(4)11-9-21/h19H,7-17H2,1-6H3,(H,26,31)(H,27,30);19H,5-17H2,1-4H3,(H,25,30)(H,26,29);17H,5-15H2,1-4H3,(H,23,28)(H,24,27). The lowest BCUT2D eigenvalue weighted by Crippen LogP contribution is -2.61. The Bertz CT molecular complexity index is 2440. The van der Waals surface area contributed by atoms with Gasteiger partial charge in [-0.3, -0.25) is 14.4 Å². The van der Waals surface area contributed by atoms with Crippen LogP contribution in [0.25, 0.3) is 0 Å². The third kappa shape index (κ3) is 25.3. The number of carbonyl (C=O) groups is 6. The summed E-state index contributed by atoms with van der Waals surface area (Å²) in [6, 6.07) is 4.33. The van der Waals surface area contributed by atoms with Gasteiger partial charge in [-0.05, 0) is 125 Å². The number of morpholine rings is 3. The molecule has 0 bridgehead atoms. The van der Waals surface area contributed by atoms with E-state index in [1.807, 2.05) is 7.05 Å². The van der Waals surface area contributed by atoms with Gasteiger partial charge in [0, 0.05) is 78.5 Å². The van der Waals surface area contributed by atoms with Crippen LogP contribution in [0, 0.1) is 55.7 Å². The van der Waals surface area contributed by atoms with E-state index >= 15 is 0 Å². The topological polar surface area (TPSA) is 293 Å². The third-order valence-corrected chi connectivity index (χ3v) is 20.7. The van der Waals surface area contributed by atoms with Crippen LogP contribution in [-0.4, -0.2) is 238 Å². The maximum Gasteiger partial charge on any atom is 0.318 e. The number of piperidine rings is 3. The maximum absolute atomic E-state index is 13.5. The molecule has 0 radical (unpaired) electrons. The van der Waals surface area contributed by atoms with E-state index in [9.17, 15) is 44.6 Å². The van der Waals surface area contributed by atoms with Crippen molar-refractivity contribution in [3.8, 4) is 18.2 Å². The highest BCUT2D eigenvalue weighted by Gasteiger charge is 2.44. The fraction of sp³-hybridized carbons (Fsp3) is 0.868. The first kappa shape index (κ1) is 78.9. The van der Waals surface area contributed by atoms with Crippen molar-refractivity contribution in [1.82, 2.24) is 61.3 Å². The van der Waals surface area contributed by atoms with Crippen LogP contribution in [-0.2, 0) is 28.6 Å². The second-order valence-electron chi connectivity index (χ2n) is 29.8. The van der Waals surface area contributed by atoms with E-state index in [1.54, 1.807) is 14.7 Å². The Hall–Kier alpha value is -5.55. The molecule has 6 aliphatic heterocycles. The summed E-state index contributed by atoms with van der Waals surface area (Å²) in [5.41, 5.74) is -2.70. The Morgan fingerprint density at radius 2 is 0.728 bits per heavy atom. The van der Waals surface area contributed by atoms with Crippen LogP contribution in [0.4, 0.5) is 14.4 Å². The summed E-state index contributed by atoms with van der Waals surface area (Å²) in [7, 11) is 2.02. The number of rotatable bonds is 23.